The second-order valence-electron chi connectivity index (χ2n) is 5.30. The van der Waals surface area contributed by atoms with Gasteiger partial charge in [-0.25, -0.2) is 14.8 Å². The first-order valence-electron chi connectivity index (χ1n) is 7.11. The van der Waals surface area contributed by atoms with E-state index < -0.39 is 5.97 Å². The smallest absolute Gasteiger partial charge is 0.361 e. The Kier molecular flexibility index (Phi) is 5.08. The Morgan fingerprint density at radius 3 is 2.76 bits per heavy atom. The van der Waals surface area contributed by atoms with Crippen LogP contribution in [-0.2, 0) is 9.53 Å². The number of anilines is 1. The van der Waals surface area contributed by atoms with Gasteiger partial charge in [0.25, 0.3) is 5.91 Å². The molecular weight excluding hydrogens is 272 g/mol. The van der Waals surface area contributed by atoms with E-state index in [1.54, 1.807) is 0 Å². The zero-order valence-corrected chi connectivity index (χ0v) is 12.0. The molecule has 1 aliphatic carbocycles. The first-order valence-corrected chi connectivity index (χ1v) is 7.11. The third-order valence-electron chi connectivity index (χ3n) is 3.71. The number of nitrogens with two attached hydrogens (primary N) is 1. The number of carbonyl (C=O) groups is 2. The maximum Gasteiger partial charge on any atom is 0.361 e. The molecule has 1 fully saturated rings. The minimum absolute atomic E-state index is 0.0104. The molecule has 3 N–H and O–H groups in total. The van der Waals surface area contributed by atoms with Crippen molar-refractivity contribution in [3.05, 3.63) is 18.1 Å². The van der Waals surface area contributed by atoms with Gasteiger partial charge in [-0.2, -0.15) is 0 Å². The third-order valence-corrected chi connectivity index (χ3v) is 3.71. The monoisotopic (exact) mass is 292 g/mol. The first-order chi connectivity index (χ1) is 10.1. The van der Waals surface area contributed by atoms with E-state index in [2.05, 4.69) is 22.2 Å². The van der Waals surface area contributed by atoms with Crippen molar-refractivity contribution >= 4 is 17.7 Å². The zero-order valence-electron chi connectivity index (χ0n) is 12.0. The summed E-state index contributed by atoms with van der Waals surface area (Å²) < 4.78 is 4.91. The van der Waals surface area contributed by atoms with Crippen LogP contribution in [0.4, 0.5) is 5.82 Å². The second-order valence-corrected chi connectivity index (χ2v) is 5.30. The Morgan fingerprint density at radius 2 is 2.05 bits per heavy atom. The minimum Gasteiger partial charge on any atom is -0.451 e. The summed E-state index contributed by atoms with van der Waals surface area (Å²) in [5, 5.41) is 2.91. The maximum absolute atomic E-state index is 11.8. The fraction of sp³-hybridized carbons (Fsp3) is 0.571. The van der Waals surface area contributed by atoms with E-state index in [-0.39, 0.29) is 30.1 Å². The molecule has 0 saturated heterocycles. The number of nitrogens with one attached hydrogen (secondary N) is 1. The fourth-order valence-corrected chi connectivity index (χ4v) is 2.48. The highest BCUT2D eigenvalue weighted by molar-refractivity contribution is 5.93. The van der Waals surface area contributed by atoms with Crippen molar-refractivity contribution in [1.29, 1.82) is 0 Å². The standard InChI is InChI=1S/C14H20N4O3/c1-9-4-2-3-5-10(9)18-11(19)8-21-14(20)12-13(15)17-7-6-16-12/h6-7,9-10H,2-5,8H2,1H3,(H2,15,17)(H,18,19). The van der Waals surface area contributed by atoms with Crippen molar-refractivity contribution in [2.75, 3.05) is 12.3 Å². The van der Waals surface area contributed by atoms with Gasteiger partial charge in [-0.1, -0.05) is 19.8 Å². The lowest BCUT2D eigenvalue weighted by molar-refractivity contribution is -0.125. The van der Waals surface area contributed by atoms with E-state index in [9.17, 15) is 9.59 Å². The van der Waals surface area contributed by atoms with Crippen molar-refractivity contribution in [3.63, 3.8) is 0 Å². The van der Waals surface area contributed by atoms with Crippen molar-refractivity contribution < 1.29 is 14.3 Å². The van der Waals surface area contributed by atoms with E-state index >= 15 is 0 Å². The molecule has 2 atom stereocenters. The molecule has 114 valence electrons. The number of hydrogen-bond donors (Lipinski definition) is 2. The van der Waals surface area contributed by atoms with Crippen molar-refractivity contribution in [3.8, 4) is 0 Å². The van der Waals surface area contributed by atoms with Crippen LogP contribution in [0.25, 0.3) is 0 Å². The molecule has 0 bridgehead atoms. The molecule has 21 heavy (non-hydrogen) atoms. The van der Waals surface area contributed by atoms with Gasteiger partial charge in [-0.05, 0) is 18.8 Å². The summed E-state index contributed by atoms with van der Waals surface area (Å²) >= 11 is 0. The van der Waals surface area contributed by atoms with Crippen LogP contribution in [-0.4, -0.2) is 34.5 Å². The van der Waals surface area contributed by atoms with Crippen LogP contribution < -0.4 is 11.1 Å². The van der Waals surface area contributed by atoms with Gasteiger partial charge in [0, 0.05) is 18.4 Å². The number of nitrogen functional groups attached to an aromatic ring is 1. The maximum atomic E-state index is 11.8. The Bertz CT molecular complexity index is 521. The van der Waals surface area contributed by atoms with E-state index in [0.717, 1.165) is 19.3 Å². The molecule has 1 aromatic rings. The molecule has 0 aromatic carbocycles. The van der Waals surface area contributed by atoms with Crippen LogP contribution in [0.3, 0.4) is 0 Å². The molecule has 2 rings (SSSR count). The van der Waals surface area contributed by atoms with Crippen LogP contribution in [0.1, 0.15) is 43.1 Å². The van der Waals surface area contributed by atoms with E-state index in [4.69, 9.17) is 10.5 Å². The molecule has 7 heteroatoms. The van der Waals surface area contributed by atoms with Crippen molar-refractivity contribution in [1.82, 2.24) is 15.3 Å². The third kappa shape index (κ3) is 4.14. The highest BCUT2D eigenvalue weighted by Crippen LogP contribution is 2.23. The number of amides is 1. The van der Waals surface area contributed by atoms with Crippen LogP contribution >= 0.6 is 0 Å². The summed E-state index contributed by atoms with van der Waals surface area (Å²) in [7, 11) is 0. The Morgan fingerprint density at radius 1 is 1.33 bits per heavy atom. The summed E-state index contributed by atoms with van der Waals surface area (Å²) in [6.45, 7) is 1.79. The molecule has 1 saturated carbocycles. The Hall–Kier alpha value is -2.18. The molecule has 1 aliphatic rings. The number of rotatable bonds is 4. The number of hydrogen-bond acceptors (Lipinski definition) is 6. The number of nitrogens with zero attached hydrogens (tertiary/aromatic N) is 2. The predicted octanol–water partition coefficient (Wildman–Crippen LogP) is 0.911. The molecule has 0 spiro atoms. The summed E-state index contributed by atoms with van der Waals surface area (Å²) in [5.41, 5.74) is 5.45. The molecule has 7 nitrogen and oxygen atoms in total. The topological polar surface area (TPSA) is 107 Å². The molecule has 1 amide bonds. The molecule has 0 radical (unpaired) electrons. The minimum atomic E-state index is -0.743. The van der Waals surface area contributed by atoms with Gasteiger partial charge in [0.15, 0.2) is 18.1 Å². The predicted molar refractivity (Wildman–Crippen MR) is 76.3 cm³/mol. The number of esters is 1. The Labute approximate surface area is 123 Å². The lowest BCUT2D eigenvalue weighted by Crippen LogP contribution is -2.42. The summed E-state index contributed by atoms with van der Waals surface area (Å²) in [6.07, 6.45) is 7.12. The van der Waals surface area contributed by atoms with E-state index in [0.29, 0.717) is 5.92 Å². The summed E-state index contributed by atoms with van der Waals surface area (Å²) in [4.78, 5) is 31.1. The largest absolute Gasteiger partial charge is 0.451 e. The average Bonchev–Trinajstić information content (AvgIpc) is 2.48. The van der Waals surface area contributed by atoms with Gasteiger partial charge in [-0.15, -0.1) is 0 Å². The van der Waals surface area contributed by atoms with Gasteiger partial charge >= 0.3 is 5.97 Å². The Balaban J connectivity index is 1.81. The van der Waals surface area contributed by atoms with E-state index in [1.165, 1.54) is 18.8 Å². The summed E-state index contributed by atoms with van der Waals surface area (Å²) in [6, 6.07) is 0.159. The molecular formula is C14H20N4O3. The quantitative estimate of drug-likeness (QED) is 0.799. The van der Waals surface area contributed by atoms with Crippen LogP contribution in [0.2, 0.25) is 0 Å². The lowest BCUT2D eigenvalue weighted by Gasteiger charge is -2.29. The number of ether oxygens (including phenoxy) is 1. The highest BCUT2D eigenvalue weighted by Gasteiger charge is 2.23. The lowest BCUT2D eigenvalue weighted by atomic mass is 9.86. The van der Waals surface area contributed by atoms with Gasteiger partial charge in [0.1, 0.15) is 0 Å². The van der Waals surface area contributed by atoms with Crippen LogP contribution in [0, 0.1) is 5.92 Å². The van der Waals surface area contributed by atoms with Crippen LogP contribution in [0.5, 0.6) is 0 Å². The zero-order chi connectivity index (χ0) is 15.2. The highest BCUT2D eigenvalue weighted by atomic mass is 16.5. The molecule has 1 aromatic heterocycles. The fourth-order valence-electron chi connectivity index (χ4n) is 2.48. The second kappa shape index (κ2) is 7.01. The number of aromatic nitrogens is 2. The molecule has 2 unspecified atom stereocenters. The normalized spacial score (nSPS) is 21.6. The van der Waals surface area contributed by atoms with Gasteiger partial charge in [0.05, 0.1) is 0 Å². The molecule has 0 aliphatic heterocycles. The van der Waals surface area contributed by atoms with Crippen molar-refractivity contribution in [2.45, 2.75) is 38.6 Å². The van der Waals surface area contributed by atoms with Gasteiger partial charge < -0.3 is 15.8 Å². The summed E-state index contributed by atoms with van der Waals surface area (Å²) in [5.74, 6) is -0.602. The van der Waals surface area contributed by atoms with Gasteiger partial charge in [0.2, 0.25) is 0 Å². The molecule has 1 heterocycles. The number of carbonyl (C=O) groups excluding carboxylic acids is 2. The average molecular weight is 292 g/mol. The van der Waals surface area contributed by atoms with E-state index in [1.807, 2.05) is 0 Å². The first kappa shape index (κ1) is 15.2. The van der Waals surface area contributed by atoms with Crippen molar-refractivity contribution in [2.24, 2.45) is 5.92 Å². The SMILES string of the molecule is CC1CCCCC1NC(=O)COC(=O)c1nccnc1N. The van der Waals surface area contributed by atoms with Gasteiger partial charge in [-0.3, -0.25) is 4.79 Å². The van der Waals surface area contributed by atoms with Crippen LogP contribution in [0.15, 0.2) is 12.4 Å².